The number of urea groups is 1. The zero-order chi connectivity index (χ0) is 20.8. The van der Waals surface area contributed by atoms with Crippen LogP contribution in [0, 0.1) is 5.82 Å². The first-order valence-corrected chi connectivity index (χ1v) is 9.66. The van der Waals surface area contributed by atoms with Gasteiger partial charge in [0.1, 0.15) is 16.9 Å². The lowest BCUT2D eigenvalue weighted by molar-refractivity contribution is -0.117. The fourth-order valence-corrected chi connectivity index (χ4v) is 3.26. The molecule has 1 heterocycles. The number of rotatable bonds is 6. The van der Waals surface area contributed by atoms with Gasteiger partial charge < -0.3 is 10.2 Å². The lowest BCUT2D eigenvalue weighted by atomic mass is 10.1. The number of carbonyl (C=O) groups is 2. The second-order valence-electron chi connectivity index (χ2n) is 6.49. The van der Waals surface area contributed by atoms with Crippen LogP contribution in [0.2, 0.25) is 0 Å². The van der Waals surface area contributed by atoms with Crippen molar-refractivity contribution >= 4 is 28.4 Å². The van der Waals surface area contributed by atoms with Gasteiger partial charge in [-0.15, -0.1) is 10.2 Å². The van der Waals surface area contributed by atoms with E-state index in [0.29, 0.717) is 22.1 Å². The first kappa shape index (κ1) is 20.4. The maximum Gasteiger partial charge on any atom is 0.317 e. The van der Waals surface area contributed by atoms with Gasteiger partial charge >= 0.3 is 6.03 Å². The molecule has 2 N–H and O–H groups in total. The Balaban J connectivity index is 1.73. The van der Waals surface area contributed by atoms with E-state index in [4.69, 9.17) is 0 Å². The summed E-state index contributed by atoms with van der Waals surface area (Å²) in [5.74, 6) is -0.738. The highest BCUT2D eigenvalue weighted by atomic mass is 32.1. The maximum atomic E-state index is 13.1. The number of nitrogens with zero attached hydrogens (tertiary/aromatic N) is 3. The molecule has 9 heteroatoms. The normalized spacial score (nSPS) is 11.6. The van der Waals surface area contributed by atoms with Gasteiger partial charge in [0.05, 0.1) is 0 Å². The second-order valence-corrected chi connectivity index (χ2v) is 7.47. The molecule has 1 atom stereocenters. The minimum Gasteiger partial charge on any atom is -0.331 e. The van der Waals surface area contributed by atoms with Crippen molar-refractivity contribution in [2.75, 3.05) is 19.4 Å². The quantitative estimate of drug-likeness (QED) is 0.650. The lowest BCUT2D eigenvalue weighted by Gasteiger charge is -2.20. The van der Waals surface area contributed by atoms with Crippen LogP contribution >= 0.6 is 11.3 Å². The molecule has 29 heavy (non-hydrogen) atoms. The number of aromatic nitrogens is 2. The molecule has 0 saturated carbocycles. The van der Waals surface area contributed by atoms with Crippen molar-refractivity contribution < 1.29 is 14.0 Å². The number of nitrogens with one attached hydrogen (secondary N) is 2. The zero-order valence-corrected chi connectivity index (χ0v) is 16.7. The van der Waals surface area contributed by atoms with Gasteiger partial charge in [-0.05, 0) is 29.8 Å². The number of benzene rings is 2. The van der Waals surface area contributed by atoms with E-state index in [-0.39, 0.29) is 11.8 Å². The molecule has 0 aliphatic heterocycles. The molecule has 1 unspecified atom stereocenters. The van der Waals surface area contributed by atoms with Gasteiger partial charge in [0.15, 0.2) is 0 Å². The average Bonchev–Trinajstić information content (AvgIpc) is 3.17. The lowest BCUT2D eigenvalue weighted by Crippen LogP contribution is -2.48. The molecular weight excluding hydrogens is 393 g/mol. The van der Waals surface area contributed by atoms with E-state index < -0.39 is 11.9 Å². The van der Waals surface area contributed by atoms with E-state index in [1.165, 1.54) is 28.4 Å². The van der Waals surface area contributed by atoms with Crippen LogP contribution in [0.4, 0.5) is 14.3 Å². The van der Waals surface area contributed by atoms with Crippen LogP contribution in [-0.4, -0.2) is 47.2 Å². The highest BCUT2D eigenvalue weighted by Crippen LogP contribution is 2.26. The van der Waals surface area contributed by atoms with Crippen molar-refractivity contribution in [1.29, 1.82) is 0 Å². The summed E-state index contributed by atoms with van der Waals surface area (Å²) in [5, 5.41) is 14.3. The van der Waals surface area contributed by atoms with E-state index in [1.54, 1.807) is 26.2 Å². The van der Waals surface area contributed by atoms with Crippen LogP contribution < -0.4 is 10.6 Å². The molecule has 3 rings (SSSR count). The van der Waals surface area contributed by atoms with Gasteiger partial charge in [-0.25, -0.2) is 9.18 Å². The molecule has 0 saturated heterocycles. The van der Waals surface area contributed by atoms with Gasteiger partial charge in [-0.3, -0.25) is 10.1 Å². The molecule has 1 aromatic heterocycles. The number of halogens is 1. The Morgan fingerprint density at radius 1 is 1.07 bits per heavy atom. The first-order valence-electron chi connectivity index (χ1n) is 8.84. The van der Waals surface area contributed by atoms with E-state index in [1.807, 2.05) is 30.3 Å². The smallest absolute Gasteiger partial charge is 0.317 e. The van der Waals surface area contributed by atoms with Crippen LogP contribution in [0.3, 0.4) is 0 Å². The molecule has 0 fully saturated rings. The van der Waals surface area contributed by atoms with Crippen molar-refractivity contribution in [3.05, 3.63) is 66.0 Å². The van der Waals surface area contributed by atoms with E-state index >= 15 is 0 Å². The molecule has 150 valence electrons. The summed E-state index contributed by atoms with van der Waals surface area (Å²) in [6.45, 7) is 0. The molecule has 3 amide bonds. The maximum absolute atomic E-state index is 13.1. The van der Waals surface area contributed by atoms with Crippen molar-refractivity contribution in [2.24, 2.45) is 0 Å². The summed E-state index contributed by atoms with van der Waals surface area (Å²) in [5.41, 5.74) is 1.61. The Morgan fingerprint density at radius 2 is 1.76 bits per heavy atom. The van der Waals surface area contributed by atoms with E-state index in [0.717, 1.165) is 5.56 Å². The molecule has 0 radical (unpaired) electrons. The monoisotopic (exact) mass is 413 g/mol. The van der Waals surface area contributed by atoms with Gasteiger partial charge in [-0.2, -0.15) is 0 Å². The van der Waals surface area contributed by atoms with E-state index in [9.17, 15) is 14.0 Å². The molecule has 0 aliphatic rings. The molecule has 2 aromatic carbocycles. The number of carbonyl (C=O) groups excluding carboxylic acids is 2. The summed E-state index contributed by atoms with van der Waals surface area (Å²) in [6, 6.07) is 14.1. The summed E-state index contributed by atoms with van der Waals surface area (Å²) >= 11 is 1.17. The predicted octanol–water partition coefficient (Wildman–Crippen LogP) is 3.17. The van der Waals surface area contributed by atoms with Crippen LogP contribution in [0.5, 0.6) is 0 Å². The topological polar surface area (TPSA) is 87.2 Å². The van der Waals surface area contributed by atoms with Crippen molar-refractivity contribution in [3.63, 3.8) is 0 Å². The minimum atomic E-state index is -0.787. The fraction of sp³-hybridized carbons (Fsp3) is 0.200. The third kappa shape index (κ3) is 5.58. The van der Waals surface area contributed by atoms with E-state index in [2.05, 4.69) is 20.8 Å². The SMILES string of the molecule is CN(C)C(=O)NC(Cc1ccccc1)C(=O)Nc1nnc(-c2ccc(F)cc2)s1. The standard InChI is InChI=1S/C20H20FN5O2S/c1-26(2)20(28)22-16(12-13-6-4-3-5-7-13)17(27)23-19-25-24-18(29-19)14-8-10-15(21)11-9-14/h3-11,16H,12H2,1-2H3,(H,22,28)(H,23,25,27). The molecule has 7 nitrogen and oxygen atoms in total. The molecule has 0 bridgehead atoms. The Labute approximate surface area is 171 Å². The summed E-state index contributed by atoms with van der Waals surface area (Å²) < 4.78 is 13.1. The largest absolute Gasteiger partial charge is 0.331 e. The Bertz CT molecular complexity index is 976. The number of hydrogen-bond acceptors (Lipinski definition) is 5. The minimum absolute atomic E-state index is 0.298. The average molecular weight is 413 g/mol. The first-order chi connectivity index (χ1) is 13.9. The van der Waals surface area contributed by atoms with Crippen LogP contribution in [0.15, 0.2) is 54.6 Å². The molecule has 3 aromatic rings. The Kier molecular flexibility index (Phi) is 6.50. The third-order valence-electron chi connectivity index (χ3n) is 4.05. The summed E-state index contributed by atoms with van der Waals surface area (Å²) in [6.07, 6.45) is 0.329. The summed E-state index contributed by atoms with van der Waals surface area (Å²) in [7, 11) is 3.21. The molecule has 0 spiro atoms. The van der Waals surface area contributed by atoms with Crippen molar-refractivity contribution in [2.45, 2.75) is 12.5 Å². The molecular formula is C20H20FN5O2S. The molecule has 0 aliphatic carbocycles. The highest BCUT2D eigenvalue weighted by Gasteiger charge is 2.23. The number of hydrogen-bond donors (Lipinski definition) is 2. The van der Waals surface area contributed by atoms with Crippen molar-refractivity contribution in [1.82, 2.24) is 20.4 Å². The Morgan fingerprint density at radius 3 is 2.41 bits per heavy atom. The van der Waals surface area contributed by atoms with Crippen LogP contribution in [0.25, 0.3) is 10.6 Å². The van der Waals surface area contributed by atoms with Gasteiger partial charge in [0, 0.05) is 26.1 Å². The number of amides is 3. The number of anilines is 1. The second kappa shape index (κ2) is 9.24. The van der Waals surface area contributed by atoms with Crippen LogP contribution in [-0.2, 0) is 11.2 Å². The van der Waals surface area contributed by atoms with Gasteiger partial charge in [-0.1, -0.05) is 41.7 Å². The fourth-order valence-electron chi connectivity index (χ4n) is 2.51. The van der Waals surface area contributed by atoms with Crippen LogP contribution in [0.1, 0.15) is 5.56 Å². The van der Waals surface area contributed by atoms with Gasteiger partial charge in [0.25, 0.3) is 0 Å². The van der Waals surface area contributed by atoms with Gasteiger partial charge in [0.2, 0.25) is 11.0 Å². The Hall–Kier alpha value is -3.33. The zero-order valence-electron chi connectivity index (χ0n) is 15.9. The predicted molar refractivity (Wildman–Crippen MR) is 110 cm³/mol. The highest BCUT2D eigenvalue weighted by molar-refractivity contribution is 7.18. The summed E-state index contributed by atoms with van der Waals surface area (Å²) in [4.78, 5) is 26.3. The third-order valence-corrected chi connectivity index (χ3v) is 4.94. The van der Waals surface area contributed by atoms with Crippen molar-refractivity contribution in [3.8, 4) is 10.6 Å².